The molecule has 23 heavy (non-hydrogen) atoms. The second kappa shape index (κ2) is 6.43. The third kappa shape index (κ3) is 3.38. The summed E-state index contributed by atoms with van der Waals surface area (Å²) in [6.45, 7) is 0. The van der Waals surface area contributed by atoms with Crippen molar-refractivity contribution in [2.75, 3.05) is 19.0 Å². The van der Waals surface area contributed by atoms with Crippen molar-refractivity contribution >= 4 is 40.3 Å². The Morgan fingerprint density at radius 3 is 2.35 bits per heavy atom. The van der Waals surface area contributed by atoms with Crippen molar-refractivity contribution in [2.24, 2.45) is 7.05 Å². The molecule has 0 fully saturated rings. The normalized spacial score (nSPS) is 11.3. The summed E-state index contributed by atoms with van der Waals surface area (Å²) in [6.07, 6.45) is 4.27. The van der Waals surface area contributed by atoms with Crippen LogP contribution in [0.1, 0.15) is 11.3 Å². The number of aromatic nitrogens is 1. The minimum atomic E-state index is 0.766. The van der Waals surface area contributed by atoms with E-state index in [1.807, 2.05) is 26.2 Å². The van der Waals surface area contributed by atoms with Gasteiger partial charge in [0.15, 0.2) is 0 Å². The van der Waals surface area contributed by atoms with Crippen LogP contribution < -0.4 is 9.47 Å². The number of anilines is 1. The Bertz CT molecular complexity index is 865. The zero-order chi connectivity index (χ0) is 16.4. The predicted molar refractivity (Wildman–Crippen MR) is 99.8 cm³/mol. The number of hydrogen-bond acceptors (Lipinski definition) is 1. The Labute approximate surface area is 142 Å². The molecular weight excluding hydrogens is 304 g/mol. The topological polar surface area (TPSA) is 7.12 Å². The lowest BCUT2D eigenvalue weighted by Gasteiger charge is -2.11. The first-order valence-corrected chi connectivity index (χ1v) is 7.96. The number of benzene rings is 2. The smallest absolute Gasteiger partial charge is 0.212 e. The van der Waals surface area contributed by atoms with E-state index in [2.05, 4.69) is 71.1 Å². The van der Waals surface area contributed by atoms with Crippen molar-refractivity contribution in [2.45, 2.75) is 0 Å². The summed E-state index contributed by atoms with van der Waals surface area (Å²) in [4.78, 5) is 2.10. The SMILES string of the molecule is CN(C)c1ccc(C=Cc2ccc3cc(Cl)ccc3[n+]2C)cc1. The summed E-state index contributed by atoms with van der Waals surface area (Å²) in [5.41, 5.74) is 4.71. The molecule has 1 heterocycles. The van der Waals surface area contributed by atoms with Crippen LogP contribution in [0.25, 0.3) is 23.1 Å². The quantitative estimate of drug-likeness (QED) is 0.641. The van der Waals surface area contributed by atoms with Gasteiger partial charge in [0, 0.05) is 48.4 Å². The van der Waals surface area contributed by atoms with Gasteiger partial charge in [0.25, 0.3) is 0 Å². The molecule has 0 saturated heterocycles. The number of fused-ring (bicyclic) bond motifs is 1. The fourth-order valence-electron chi connectivity index (χ4n) is 2.62. The lowest BCUT2D eigenvalue weighted by molar-refractivity contribution is -0.646. The summed E-state index contributed by atoms with van der Waals surface area (Å²) in [5.74, 6) is 0. The van der Waals surface area contributed by atoms with Crippen molar-refractivity contribution in [3.05, 3.63) is 70.9 Å². The molecule has 0 bridgehead atoms. The molecule has 0 aliphatic heterocycles. The molecule has 0 radical (unpaired) electrons. The molecule has 0 saturated carbocycles. The van der Waals surface area contributed by atoms with Gasteiger partial charge in [-0.1, -0.05) is 23.7 Å². The largest absolute Gasteiger partial charge is 0.378 e. The lowest BCUT2D eigenvalue weighted by atomic mass is 10.1. The molecule has 1 aromatic heterocycles. The molecule has 0 aliphatic carbocycles. The number of pyridine rings is 1. The van der Waals surface area contributed by atoms with Gasteiger partial charge >= 0.3 is 0 Å². The van der Waals surface area contributed by atoms with Crippen LogP contribution in [0.2, 0.25) is 5.02 Å². The summed E-state index contributed by atoms with van der Waals surface area (Å²) in [7, 11) is 6.17. The second-order valence-corrected chi connectivity index (χ2v) is 6.28. The van der Waals surface area contributed by atoms with Crippen LogP contribution in [0.4, 0.5) is 5.69 Å². The van der Waals surface area contributed by atoms with Crippen molar-refractivity contribution < 1.29 is 4.57 Å². The van der Waals surface area contributed by atoms with Gasteiger partial charge in [-0.15, -0.1) is 0 Å². The van der Waals surface area contributed by atoms with Gasteiger partial charge in [-0.05, 0) is 42.0 Å². The van der Waals surface area contributed by atoms with E-state index in [0.717, 1.165) is 16.1 Å². The molecule has 0 spiro atoms. The van der Waals surface area contributed by atoms with E-state index in [9.17, 15) is 0 Å². The first kappa shape index (κ1) is 15.6. The molecule has 3 rings (SSSR count). The van der Waals surface area contributed by atoms with E-state index in [1.54, 1.807) is 0 Å². The molecule has 2 nitrogen and oxygen atoms in total. The van der Waals surface area contributed by atoms with Crippen molar-refractivity contribution in [1.29, 1.82) is 0 Å². The van der Waals surface area contributed by atoms with Crippen molar-refractivity contribution in [3.8, 4) is 0 Å². The zero-order valence-corrected chi connectivity index (χ0v) is 14.4. The van der Waals surface area contributed by atoms with Gasteiger partial charge < -0.3 is 4.90 Å². The Kier molecular flexibility index (Phi) is 4.35. The summed E-state index contributed by atoms with van der Waals surface area (Å²) >= 11 is 6.06. The van der Waals surface area contributed by atoms with Crippen LogP contribution in [0, 0.1) is 0 Å². The molecule has 0 unspecified atom stereocenters. The fourth-order valence-corrected chi connectivity index (χ4v) is 2.80. The van der Waals surface area contributed by atoms with Crippen LogP contribution in [-0.2, 0) is 7.05 Å². The number of halogens is 1. The first-order valence-electron chi connectivity index (χ1n) is 7.58. The molecule has 0 amide bonds. The maximum atomic E-state index is 6.06. The maximum absolute atomic E-state index is 6.06. The van der Waals surface area contributed by atoms with E-state index < -0.39 is 0 Å². The fraction of sp³-hybridized carbons (Fsp3) is 0.150. The van der Waals surface area contributed by atoms with Gasteiger partial charge in [-0.2, -0.15) is 4.57 Å². The monoisotopic (exact) mass is 323 g/mol. The van der Waals surface area contributed by atoms with Crippen LogP contribution in [0.15, 0.2) is 54.6 Å². The molecule has 2 aromatic carbocycles. The van der Waals surface area contributed by atoms with Crippen molar-refractivity contribution in [3.63, 3.8) is 0 Å². The summed E-state index contributed by atoms with van der Waals surface area (Å²) in [5, 5.41) is 1.91. The minimum Gasteiger partial charge on any atom is -0.378 e. The van der Waals surface area contributed by atoms with E-state index in [4.69, 9.17) is 11.6 Å². The van der Waals surface area contributed by atoms with Crippen LogP contribution in [-0.4, -0.2) is 14.1 Å². The highest BCUT2D eigenvalue weighted by Crippen LogP contribution is 2.18. The van der Waals surface area contributed by atoms with Crippen molar-refractivity contribution in [1.82, 2.24) is 0 Å². The van der Waals surface area contributed by atoms with E-state index in [-0.39, 0.29) is 0 Å². The van der Waals surface area contributed by atoms with Gasteiger partial charge in [0.2, 0.25) is 11.2 Å². The van der Waals surface area contributed by atoms with Gasteiger partial charge in [-0.3, -0.25) is 0 Å². The van der Waals surface area contributed by atoms with Crippen LogP contribution >= 0.6 is 11.6 Å². The Balaban J connectivity index is 1.91. The van der Waals surface area contributed by atoms with E-state index >= 15 is 0 Å². The Hall–Kier alpha value is -2.32. The van der Waals surface area contributed by atoms with Gasteiger partial charge in [-0.25, -0.2) is 0 Å². The van der Waals surface area contributed by atoms with Gasteiger partial charge in [0.1, 0.15) is 7.05 Å². The molecule has 3 aromatic rings. The third-order valence-corrected chi connectivity index (χ3v) is 4.26. The highest BCUT2D eigenvalue weighted by Gasteiger charge is 2.09. The number of aryl methyl sites for hydroxylation is 1. The van der Waals surface area contributed by atoms with Crippen LogP contribution in [0.3, 0.4) is 0 Å². The molecule has 116 valence electrons. The van der Waals surface area contributed by atoms with Crippen LogP contribution in [0.5, 0.6) is 0 Å². The Morgan fingerprint density at radius 1 is 0.913 bits per heavy atom. The minimum absolute atomic E-state index is 0.766. The average Bonchev–Trinajstić information content (AvgIpc) is 2.54. The highest BCUT2D eigenvalue weighted by molar-refractivity contribution is 6.31. The second-order valence-electron chi connectivity index (χ2n) is 5.84. The molecule has 3 heteroatoms. The average molecular weight is 324 g/mol. The standard InChI is InChI=1S/C20H20ClN2/c1-22(2)18-9-4-15(5-10-18)6-11-19-12-7-16-14-17(21)8-13-20(16)23(19)3/h4-14H,1-3H3/q+1. The molecule has 0 atom stereocenters. The summed E-state index contributed by atoms with van der Waals surface area (Å²) in [6, 6.07) is 18.7. The van der Waals surface area contributed by atoms with E-state index in [0.29, 0.717) is 0 Å². The number of rotatable bonds is 3. The predicted octanol–water partition coefficient (Wildman–Crippen LogP) is 4.55. The molecule has 0 N–H and O–H groups in total. The van der Waals surface area contributed by atoms with Gasteiger partial charge in [0.05, 0.1) is 0 Å². The third-order valence-electron chi connectivity index (χ3n) is 4.03. The zero-order valence-electron chi connectivity index (χ0n) is 13.6. The lowest BCUT2D eigenvalue weighted by Crippen LogP contribution is -2.32. The first-order chi connectivity index (χ1) is 11.0. The maximum Gasteiger partial charge on any atom is 0.212 e. The Morgan fingerprint density at radius 2 is 1.65 bits per heavy atom. The molecular formula is C20H20ClN2+. The highest BCUT2D eigenvalue weighted by atomic mass is 35.5. The number of nitrogens with zero attached hydrogens (tertiary/aromatic N) is 2. The molecule has 0 aliphatic rings. The summed E-state index contributed by atoms with van der Waals surface area (Å²) < 4.78 is 2.18. The van der Waals surface area contributed by atoms with E-state index in [1.165, 1.54) is 16.8 Å². The number of hydrogen-bond donors (Lipinski definition) is 0.